The molecule has 0 unspecified atom stereocenters. The molecule has 0 saturated carbocycles. The van der Waals surface area contributed by atoms with E-state index in [0.717, 1.165) is 37.1 Å². The Morgan fingerprint density at radius 1 is 1.10 bits per heavy atom. The normalized spacial score (nSPS) is 15.5. The van der Waals surface area contributed by atoms with Crippen LogP contribution >= 0.6 is 0 Å². The molecule has 1 aromatic rings. The van der Waals surface area contributed by atoms with E-state index < -0.39 is 0 Å². The van der Waals surface area contributed by atoms with E-state index in [1.807, 2.05) is 31.0 Å². The minimum Gasteiger partial charge on any atom is -0.343 e. The van der Waals surface area contributed by atoms with E-state index in [4.69, 9.17) is 0 Å². The number of benzene rings is 1. The molecule has 2 N–H and O–H groups in total. The van der Waals surface area contributed by atoms with Gasteiger partial charge in [-0.1, -0.05) is 12.5 Å². The molecule has 2 rings (SSSR count). The molecule has 0 aromatic heterocycles. The fraction of sp³-hybridized carbons (Fsp3) is 0.500. The lowest BCUT2D eigenvalue weighted by molar-refractivity contribution is -0.125. The average molecular weight is 289 g/mol. The predicted molar refractivity (Wildman–Crippen MR) is 81.8 cm³/mol. The van der Waals surface area contributed by atoms with E-state index in [2.05, 4.69) is 10.7 Å². The van der Waals surface area contributed by atoms with Crippen molar-refractivity contribution in [2.75, 3.05) is 19.6 Å². The van der Waals surface area contributed by atoms with Crippen LogP contribution in [0.1, 0.15) is 40.7 Å². The molecule has 1 aliphatic rings. The number of carbonyl (C=O) groups excluding carboxylic acids is 2. The molecule has 0 bridgehead atoms. The smallest absolute Gasteiger partial charge is 0.253 e. The number of nitrogens with zero attached hydrogens (tertiary/aromatic N) is 1. The first kappa shape index (κ1) is 15.5. The SMILES string of the molecule is Cc1ccc(C(=O)NCC(=O)NN2CCCCC2)cc1C. The number of nitrogens with one attached hydrogen (secondary N) is 2. The van der Waals surface area contributed by atoms with Crippen molar-refractivity contribution in [3.8, 4) is 0 Å². The molecule has 21 heavy (non-hydrogen) atoms. The Bertz CT molecular complexity index is 522. The average Bonchev–Trinajstić information content (AvgIpc) is 2.48. The van der Waals surface area contributed by atoms with Gasteiger partial charge < -0.3 is 5.32 Å². The van der Waals surface area contributed by atoms with E-state index in [0.29, 0.717) is 5.56 Å². The van der Waals surface area contributed by atoms with Crippen LogP contribution < -0.4 is 10.7 Å². The van der Waals surface area contributed by atoms with Crippen LogP contribution in [0.15, 0.2) is 18.2 Å². The Labute approximate surface area is 125 Å². The molecule has 0 aliphatic carbocycles. The molecule has 0 spiro atoms. The topological polar surface area (TPSA) is 61.4 Å². The number of hydrazine groups is 1. The van der Waals surface area contributed by atoms with E-state index in [1.54, 1.807) is 6.07 Å². The minimum atomic E-state index is -0.216. The third-order valence-electron chi connectivity index (χ3n) is 3.82. The molecule has 1 aromatic carbocycles. The van der Waals surface area contributed by atoms with Crippen LogP contribution in [0, 0.1) is 13.8 Å². The van der Waals surface area contributed by atoms with Gasteiger partial charge in [0.15, 0.2) is 0 Å². The molecule has 1 heterocycles. The van der Waals surface area contributed by atoms with E-state index >= 15 is 0 Å². The summed E-state index contributed by atoms with van der Waals surface area (Å²) < 4.78 is 0. The quantitative estimate of drug-likeness (QED) is 0.884. The molecule has 1 fully saturated rings. The molecule has 0 radical (unpaired) electrons. The van der Waals surface area contributed by atoms with Gasteiger partial charge in [-0.15, -0.1) is 0 Å². The van der Waals surface area contributed by atoms with Crippen LogP contribution in [0.25, 0.3) is 0 Å². The standard InChI is InChI=1S/C16H23N3O2/c1-12-6-7-14(10-13(12)2)16(21)17-11-15(20)18-19-8-4-3-5-9-19/h6-7,10H,3-5,8-9,11H2,1-2H3,(H,17,21)(H,18,20). The lowest BCUT2D eigenvalue weighted by atomic mass is 10.1. The fourth-order valence-corrected chi connectivity index (χ4v) is 2.37. The Balaban J connectivity index is 1.80. The number of hydrogen-bond acceptors (Lipinski definition) is 3. The second-order valence-electron chi connectivity index (χ2n) is 5.56. The summed E-state index contributed by atoms with van der Waals surface area (Å²) in [6.45, 7) is 5.74. The van der Waals surface area contributed by atoms with E-state index in [-0.39, 0.29) is 18.4 Å². The molecule has 0 atom stereocenters. The largest absolute Gasteiger partial charge is 0.343 e. The molecule has 5 nitrogen and oxygen atoms in total. The van der Waals surface area contributed by atoms with Crippen LogP contribution in [-0.2, 0) is 4.79 Å². The summed E-state index contributed by atoms with van der Waals surface area (Å²) in [5.41, 5.74) is 5.63. The monoisotopic (exact) mass is 289 g/mol. The van der Waals surface area contributed by atoms with Gasteiger partial charge in [0.2, 0.25) is 0 Å². The molecular weight excluding hydrogens is 266 g/mol. The molecule has 2 amide bonds. The Kier molecular flexibility index (Phi) is 5.33. The van der Waals surface area contributed by atoms with Crippen molar-refractivity contribution in [1.82, 2.24) is 15.8 Å². The summed E-state index contributed by atoms with van der Waals surface area (Å²) in [6.07, 6.45) is 3.43. The third kappa shape index (κ3) is 4.56. The Morgan fingerprint density at radius 3 is 2.48 bits per heavy atom. The van der Waals surface area contributed by atoms with Gasteiger partial charge in [0, 0.05) is 18.7 Å². The second-order valence-corrected chi connectivity index (χ2v) is 5.56. The van der Waals surface area contributed by atoms with Crippen molar-refractivity contribution in [2.45, 2.75) is 33.1 Å². The van der Waals surface area contributed by atoms with Crippen LogP contribution in [0.5, 0.6) is 0 Å². The van der Waals surface area contributed by atoms with Crippen molar-refractivity contribution in [3.63, 3.8) is 0 Å². The van der Waals surface area contributed by atoms with Gasteiger partial charge in [-0.3, -0.25) is 15.0 Å². The first-order chi connectivity index (χ1) is 10.1. The fourth-order valence-electron chi connectivity index (χ4n) is 2.37. The van der Waals surface area contributed by atoms with Crippen molar-refractivity contribution in [3.05, 3.63) is 34.9 Å². The summed E-state index contributed by atoms with van der Waals surface area (Å²) >= 11 is 0. The molecule has 114 valence electrons. The number of amides is 2. The van der Waals surface area contributed by atoms with Gasteiger partial charge >= 0.3 is 0 Å². The maximum absolute atomic E-state index is 12.0. The highest BCUT2D eigenvalue weighted by molar-refractivity contribution is 5.96. The number of hydrogen-bond donors (Lipinski definition) is 2. The van der Waals surface area contributed by atoms with Crippen LogP contribution in [0.4, 0.5) is 0 Å². The maximum Gasteiger partial charge on any atom is 0.253 e. The molecular formula is C16H23N3O2. The summed E-state index contributed by atoms with van der Waals surface area (Å²) in [7, 11) is 0. The summed E-state index contributed by atoms with van der Waals surface area (Å²) in [4.78, 5) is 23.8. The highest BCUT2D eigenvalue weighted by Gasteiger charge is 2.14. The third-order valence-corrected chi connectivity index (χ3v) is 3.82. The van der Waals surface area contributed by atoms with Gasteiger partial charge in [-0.05, 0) is 49.9 Å². The highest BCUT2D eigenvalue weighted by Crippen LogP contribution is 2.09. The van der Waals surface area contributed by atoms with Crippen LogP contribution in [0.3, 0.4) is 0 Å². The van der Waals surface area contributed by atoms with Crippen LogP contribution in [-0.4, -0.2) is 36.5 Å². The number of rotatable bonds is 4. The lowest BCUT2D eigenvalue weighted by Crippen LogP contribution is -2.48. The van der Waals surface area contributed by atoms with Gasteiger partial charge in [0.05, 0.1) is 6.54 Å². The van der Waals surface area contributed by atoms with Gasteiger partial charge in [0.25, 0.3) is 11.8 Å². The Morgan fingerprint density at radius 2 is 1.81 bits per heavy atom. The maximum atomic E-state index is 12.0. The van der Waals surface area contributed by atoms with Crippen LogP contribution in [0.2, 0.25) is 0 Å². The zero-order chi connectivity index (χ0) is 15.2. The highest BCUT2D eigenvalue weighted by atomic mass is 16.2. The van der Waals surface area contributed by atoms with E-state index in [1.165, 1.54) is 6.42 Å². The molecule has 5 heteroatoms. The molecule has 1 saturated heterocycles. The van der Waals surface area contributed by atoms with Crippen molar-refractivity contribution < 1.29 is 9.59 Å². The van der Waals surface area contributed by atoms with Crippen molar-refractivity contribution in [1.29, 1.82) is 0 Å². The Hall–Kier alpha value is -1.88. The molecule has 1 aliphatic heterocycles. The zero-order valence-corrected chi connectivity index (χ0v) is 12.7. The van der Waals surface area contributed by atoms with Crippen molar-refractivity contribution in [2.24, 2.45) is 0 Å². The first-order valence-corrected chi connectivity index (χ1v) is 7.46. The zero-order valence-electron chi connectivity index (χ0n) is 12.7. The predicted octanol–water partition coefficient (Wildman–Crippen LogP) is 1.55. The number of aryl methyl sites for hydroxylation is 2. The van der Waals surface area contributed by atoms with E-state index in [9.17, 15) is 9.59 Å². The van der Waals surface area contributed by atoms with Gasteiger partial charge in [0.1, 0.15) is 0 Å². The summed E-state index contributed by atoms with van der Waals surface area (Å²) in [5.74, 6) is -0.388. The van der Waals surface area contributed by atoms with Crippen molar-refractivity contribution >= 4 is 11.8 Å². The summed E-state index contributed by atoms with van der Waals surface area (Å²) in [6, 6.07) is 5.53. The second kappa shape index (κ2) is 7.22. The minimum absolute atomic E-state index is 0.00224. The number of piperidine rings is 1. The van der Waals surface area contributed by atoms with Gasteiger partial charge in [-0.2, -0.15) is 0 Å². The first-order valence-electron chi connectivity index (χ1n) is 7.46. The number of carbonyl (C=O) groups is 2. The summed E-state index contributed by atoms with van der Waals surface area (Å²) in [5, 5.41) is 4.58. The lowest BCUT2D eigenvalue weighted by Gasteiger charge is -2.26. The van der Waals surface area contributed by atoms with Gasteiger partial charge in [-0.25, -0.2) is 5.01 Å².